The molecule has 1 N–H and O–H groups in total. The normalized spacial score (nSPS) is 11.1. The van der Waals surface area contributed by atoms with E-state index in [1.165, 1.54) is 0 Å². The van der Waals surface area contributed by atoms with Gasteiger partial charge in [0.15, 0.2) is 0 Å². The highest BCUT2D eigenvalue weighted by molar-refractivity contribution is 5.86. The van der Waals surface area contributed by atoms with E-state index in [0.717, 1.165) is 11.3 Å². The minimum absolute atomic E-state index is 0.0180. The van der Waals surface area contributed by atoms with E-state index >= 15 is 0 Å². The van der Waals surface area contributed by atoms with Gasteiger partial charge in [-0.05, 0) is 38.5 Å². The van der Waals surface area contributed by atoms with Crippen molar-refractivity contribution < 1.29 is 4.79 Å². The van der Waals surface area contributed by atoms with Crippen LogP contribution in [0.3, 0.4) is 0 Å². The minimum Gasteiger partial charge on any atom is -0.358 e. The molecule has 1 heterocycles. The van der Waals surface area contributed by atoms with Gasteiger partial charge in [0.25, 0.3) is 0 Å². The maximum absolute atomic E-state index is 11.6. The molecule has 1 amide bonds. The summed E-state index contributed by atoms with van der Waals surface area (Å²) in [5, 5.41) is 2.64. The molecule has 0 spiro atoms. The van der Waals surface area contributed by atoms with Gasteiger partial charge in [-0.25, -0.2) is 0 Å². The fourth-order valence-electron chi connectivity index (χ4n) is 1.31. The quantitative estimate of drug-likeness (QED) is 0.770. The van der Waals surface area contributed by atoms with Crippen molar-refractivity contribution in [2.75, 3.05) is 7.05 Å². The summed E-state index contributed by atoms with van der Waals surface area (Å²) in [6.45, 7) is 5.73. The fourth-order valence-corrected chi connectivity index (χ4v) is 1.31. The molecule has 1 aromatic heterocycles. The van der Waals surface area contributed by atoms with Crippen molar-refractivity contribution in [2.45, 2.75) is 26.2 Å². The molecule has 0 atom stereocenters. The smallest absolute Gasteiger partial charge is 0.231 e. The van der Waals surface area contributed by atoms with Gasteiger partial charge >= 0.3 is 0 Å². The average molecular weight is 192 g/mol. The number of carbonyl (C=O) groups excluding carboxylic acids is 1. The standard InChI is InChI=1S/C11H16N2O/c1-8-5-6-13-9(7-8)11(2,3)10(14)12-4/h5-7H,1-4H3,(H,12,14). The Hall–Kier alpha value is -1.38. The number of amides is 1. The van der Waals surface area contributed by atoms with E-state index < -0.39 is 5.41 Å². The van der Waals surface area contributed by atoms with Gasteiger partial charge in [0.05, 0.1) is 11.1 Å². The number of likely N-dealkylation sites (N-methyl/N-ethyl adjacent to an activating group) is 1. The fraction of sp³-hybridized carbons (Fsp3) is 0.455. The molecule has 0 aromatic carbocycles. The predicted molar refractivity (Wildman–Crippen MR) is 56.1 cm³/mol. The summed E-state index contributed by atoms with van der Waals surface area (Å²) >= 11 is 0. The summed E-state index contributed by atoms with van der Waals surface area (Å²) in [6, 6.07) is 3.86. The van der Waals surface area contributed by atoms with Gasteiger partial charge in [-0.3, -0.25) is 9.78 Å². The molecule has 0 aliphatic carbocycles. The van der Waals surface area contributed by atoms with Crippen LogP contribution in [0.4, 0.5) is 0 Å². The van der Waals surface area contributed by atoms with Crippen molar-refractivity contribution in [2.24, 2.45) is 0 Å². The summed E-state index contributed by atoms with van der Waals surface area (Å²) in [5.41, 5.74) is 1.35. The molecule has 1 rings (SSSR count). The third-order valence-electron chi connectivity index (χ3n) is 2.35. The number of nitrogens with zero attached hydrogens (tertiary/aromatic N) is 1. The Kier molecular flexibility index (Phi) is 2.89. The Labute approximate surface area is 84.6 Å². The van der Waals surface area contributed by atoms with E-state index in [1.807, 2.05) is 32.9 Å². The second-order valence-corrected chi connectivity index (χ2v) is 3.92. The van der Waals surface area contributed by atoms with E-state index in [-0.39, 0.29) is 5.91 Å². The highest BCUT2D eigenvalue weighted by atomic mass is 16.2. The lowest BCUT2D eigenvalue weighted by molar-refractivity contribution is -0.125. The largest absolute Gasteiger partial charge is 0.358 e. The van der Waals surface area contributed by atoms with Gasteiger partial charge in [0.1, 0.15) is 0 Å². The van der Waals surface area contributed by atoms with Crippen LogP contribution in [0.2, 0.25) is 0 Å². The number of nitrogens with one attached hydrogen (secondary N) is 1. The molecular weight excluding hydrogens is 176 g/mol. The maximum atomic E-state index is 11.6. The molecule has 0 radical (unpaired) electrons. The van der Waals surface area contributed by atoms with Crippen molar-refractivity contribution in [3.05, 3.63) is 29.6 Å². The molecule has 0 aliphatic rings. The summed E-state index contributed by atoms with van der Waals surface area (Å²) in [5.74, 6) is -0.0180. The summed E-state index contributed by atoms with van der Waals surface area (Å²) in [6.07, 6.45) is 1.73. The van der Waals surface area contributed by atoms with Crippen molar-refractivity contribution >= 4 is 5.91 Å². The molecular formula is C11H16N2O. The molecule has 3 nitrogen and oxygen atoms in total. The molecule has 3 heteroatoms. The molecule has 0 saturated carbocycles. The van der Waals surface area contributed by atoms with Crippen LogP contribution in [0, 0.1) is 6.92 Å². The Bertz CT molecular complexity index is 345. The van der Waals surface area contributed by atoms with Crippen molar-refractivity contribution in [3.63, 3.8) is 0 Å². The molecule has 0 unspecified atom stereocenters. The molecule has 0 aliphatic heterocycles. The van der Waals surface area contributed by atoms with E-state index in [0.29, 0.717) is 0 Å². The summed E-state index contributed by atoms with van der Waals surface area (Å²) in [7, 11) is 1.64. The first-order chi connectivity index (χ1) is 6.48. The van der Waals surface area contributed by atoms with Crippen molar-refractivity contribution in [1.82, 2.24) is 10.3 Å². The Morgan fingerprint density at radius 2 is 2.14 bits per heavy atom. The summed E-state index contributed by atoms with van der Waals surface area (Å²) < 4.78 is 0. The predicted octanol–water partition coefficient (Wildman–Crippen LogP) is 1.41. The molecule has 1 aromatic rings. The SMILES string of the molecule is CNC(=O)C(C)(C)c1cc(C)ccn1. The number of aryl methyl sites for hydroxylation is 1. The van der Waals surface area contributed by atoms with E-state index in [9.17, 15) is 4.79 Å². The van der Waals surface area contributed by atoms with Crippen molar-refractivity contribution in [3.8, 4) is 0 Å². The lowest BCUT2D eigenvalue weighted by atomic mass is 9.87. The number of hydrogen-bond acceptors (Lipinski definition) is 2. The third kappa shape index (κ3) is 1.92. The second-order valence-electron chi connectivity index (χ2n) is 3.92. The lowest BCUT2D eigenvalue weighted by Gasteiger charge is -2.21. The van der Waals surface area contributed by atoms with E-state index in [4.69, 9.17) is 0 Å². The van der Waals surface area contributed by atoms with Crippen LogP contribution in [0.5, 0.6) is 0 Å². The van der Waals surface area contributed by atoms with Crippen LogP contribution in [0.1, 0.15) is 25.1 Å². The molecule has 0 saturated heterocycles. The van der Waals surface area contributed by atoms with Crippen LogP contribution < -0.4 is 5.32 Å². The number of pyridine rings is 1. The maximum Gasteiger partial charge on any atom is 0.231 e. The number of rotatable bonds is 2. The third-order valence-corrected chi connectivity index (χ3v) is 2.35. The zero-order chi connectivity index (χ0) is 10.8. The number of aromatic nitrogens is 1. The first-order valence-electron chi connectivity index (χ1n) is 4.64. The van der Waals surface area contributed by atoms with Crippen LogP contribution >= 0.6 is 0 Å². The Balaban J connectivity index is 3.09. The zero-order valence-corrected chi connectivity index (χ0v) is 9.09. The van der Waals surface area contributed by atoms with Gasteiger partial charge in [0, 0.05) is 13.2 Å². The molecule has 0 bridgehead atoms. The van der Waals surface area contributed by atoms with Crippen molar-refractivity contribution in [1.29, 1.82) is 0 Å². The monoisotopic (exact) mass is 192 g/mol. The lowest BCUT2D eigenvalue weighted by Crippen LogP contribution is -2.38. The first kappa shape index (κ1) is 10.7. The second kappa shape index (κ2) is 3.78. The zero-order valence-electron chi connectivity index (χ0n) is 9.09. The first-order valence-corrected chi connectivity index (χ1v) is 4.64. The van der Waals surface area contributed by atoms with Crippen LogP contribution in [0.15, 0.2) is 18.3 Å². The van der Waals surface area contributed by atoms with Crippen LogP contribution in [-0.2, 0) is 10.2 Å². The topological polar surface area (TPSA) is 42.0 Å². The molecule has 76 valence electrons. The Morgan fingerprint density at radius 3 is 2.64 bits per heavy atom. The number of carbonyl (C=O) groups is 1. The molecule has 0 fully saturated rings. The van der Waals surface area contributed by atoms with E-state index in [2.05, 4.69) is 10.3 Å². The minimum atomic E-state index is -0.569. The average Bonchev–Trinajstić information content (AvgIpc) is 2.16. The van der Waals surface area contributed by atoms with E-state index in [1.54, 1.807) is 13.2 Å². The highest BCUT2D eigenvalue weighted by Gasteiger charge is 2.30. The number of hydrogen-bond donors (Lipinski definition) is 1. The van der Waals surface area contributed by atoms with Crippen LogP contribution in [-0.4, -0.2) is 17.9 Å². The van der Waals surface area contributed by atoms with Gasteiger partial charge < -0.3 is 5.32 Å². The Morgan fingerprint density at radius 1 is 1.50 bits per heavy atom. The summed E-state index contributed by atoms with van der Waals surface area (Å²) in [4.78, 5) is 15.8. The molecule has 14 heavy (non-hydrogen) atoms. The van der Waals surface area contributed by atoms with Gasteiger partial charge in [0.2, 0.25) is 5.91 Å². The highest BCUT2D eigenvalue weighted by Crippen LogP contribution is 2.21. The van der Waals surface area contributed by atoms with Gasteiger partial charge in [-0.2, -0.15) is 0 Å². The van der Waals surface area contributed by atoms with Gasteiger partial charge in [-0.1, -0.05) is 0 Å². The van der Waals surface area contributed by atoms with Gasteiger partial charge in [-0.15, -0.1) is 0 Å². The van der Waals surface area contributed by atoms with Crippen LogP contribution in [0.25, 0.3) is 0 Å².